The van der Waals surface area contributed by atoms with E-state index in [4.69, 9.17) is 8.83 Å². The maximum absolute atomic E-state index is 6.51. The molecule has 220 valence electrons. The number of fused-ring (bicyclic) bond motifs is 8. The van der Waals surface area contributed by atoms with Crippen LogP contribution in [0.25, 0.3) is 76.5 Å². The van der Waals surface area contributed by atoms with Gasteiger partial charge in [0.25, 0.3) is 0 Å². The minimum Gasteiger partial charge on any atom is -0.456 e. The van der Waals surface area contributed by atoms with Crippen LogP contribution in [-0.2, 0) is 0 Å². The number of rotatable bonds is 4. The molecule has 0 unspecified atom stereocenters. The second-order valence-corrected chi connectivity index (χ2v) is 12.2. The number of benzene rings is 8. The van der Waals surface area contributed by atoms with Gasteiger partial charge in [-0.1, -0.05) is 91.0 Å². The van der Waals surface area contributed by atoms with Crippen LogP contribution in [0.2, 0.25) is 0 Å². The second-order valence-electron chi connectivity index (χ2n) is 12.2. The van der Waals surface area contributed by atoms with Crippen molar-refractivity contribution in [3.8, 4) is 11.1 Å². The summed E-state index contributed by atoms with van der Waals surface area (Å²) in [4.78, 5) is 2.31. The molecule has 3 nitrogen and oxygen atoms in total. The first-order valence-electron chi connectivity index (χ1n) is 15.9. The topological polar surface area (TPSA) is 29.5 Å². The normalized spacial score (nSPS) is 11.8. The lowest BCUT2D eigenvalue weighted by molar-refractivity contribution is 0.669. The monoisotopic (exact) mass is 601 g/mol. The Morgan fingerprint density at radius 1 is 0.298 bits per heavy atom. The zero-order valence-corrected chi connectivity index (χ0v) is 25.4. The van der Waals surface area contributed by atoms with Crippen molar-refractivity contribution in [3.05, 3.63) is 164 Å². The molecular formula is C44H27NO2. The molecule has 0 N–H and O–H groups in total. The highest BCUT2D eigenvalue weighted by atomic mass is 16.3. The van der Waals surface area contributed by atoms with Crippen LogP contribution in [0.4, 0.5) is 17.1 Å². The predicted molar refractivity (Wildman–Crippen MR) is 196 cm³/mol. The van der Waals surface area contributed by atoms with Crippen molar-refractivity contribution in [2.75, 3.05) is 4.90 Å². The number of hydrogen-bond acceptors (Lipinski definition) is 3. The van der Waals surface area contributed by atoms with Gasteiger partial charge in [0.1, 0.15) is 22.3 Å². The molecule has 47 heavy (non-hydrogen) atoms. The van der Waals surface area contributed by atoms with Crippen molar-refractivity contribution in [1.29, 1.82) is 0 Å². The van der Waals surface area contributed by atoms with Gasteiger partial charge in [-0.2, -0.15) is 0 Å². The Morgan fingerprint density at radius 2 is 0.830 bits per heavy atom. The SMILES string of the molecule is c1ccc(-c2ccc(N(c3ccc4cc5c(cc4c3)oc3ccccc35)c3ccc4c(c3)oc3cc5ccccc5cc34)cc2)cc1. The summed E-state index contributed by atoms with van der Waals surface area (Å²) < 4.78 is 12.8. The van der Waals surface area contributed by atoms with Gasteiger partial charge in [-0.25, -0.2) is 0 Å². The zero-order chi connectivity index (χ0) is 30.9. The third-order valence-corrected chi connectivity index (χ3v) is 9.39. The van der Waals surface area contributed by atoms with Crippen molar-refractivity contribution < 1.29 is 8.83 Å². The van der Waals surface area contributed by atoms with Crippen LogP contribution in [0.5, 0.6) is 0 Å². The molecule has 10 rings (SSSR count). The van der Waals surface area contributed by atoms with Gasteiger partial charge in [-0.15, -0.1) is 0 Å². The number of nitrogens with zero attached hydrogens (tertiary/aromatic N) is 1. The molecule has 2 aromatic heterocycles. The molecular weight excluding hydrogens is 574 g/mol. The smallest absolute Gasteiger partial charge is 0.137 e. The molecule has 0 spiro atoms. The van der Waals surface area contributed by atoms with Crippen LogP contribution in [0.3, 0.4) is 0 Å². The third kappa shape index (κ3) is 4.21. The summed E-state index contributed by atoms with van der Waals surface area (Å²) in [7, 11) is 0. The standard InChI is InChI=1S/C44H27NO2/c1-2-8-28(9-3-1)29-14-17-34(18-15-29)45(35-19-16-32-24-39-37-12-6-7-13-41(37)46-43(39)26-33(32)22-35)36-20-21-38-40-23-30-10-4-5-11-31(30)25-42(40)47-44(38)27-36/h1-27H. The summed E-state index contributed by atoms with van der Waals surface area (Å²) in [5.41, 5.74) is 9.09. The van der Waals surface area contributed by atoms with E-state index in [2.05, 4.69) is 157 Å². The van der Waals surface area contributed by atoms with Crippen molar-refractivity contribution in [2.24, 2.45) is 0 Å². The summed E-state index contributed by atoms with van der Waals surface area (Å²) in [5.74, 6) is 0. The van der Waals surface area contributed by atoms with Crippen LogP contribution < -0.4 is 4.90 Å². The van der Waals surface area contributed by atoms with Gasteiger partial charge in [0.15, 0.2) is 0 Å². The minimum absolute atomic E-state index is 0.864. The molecule has 0 aliphatic rings. The Hall–Kier alpha value is -6.32. The van der Waals surface area contributed by atoms with Gasteiger partial charge in [0.2, 0.25) is 0 Å². The zero-order valence-electron chi connectivity index (χ0n) is 25.4. The molecule has 0 radical (unpaired) electrons. The van der Waals surface area contributed by atoms with Crippen molar-refractivity contribution in [1.82, 2.24) is 0 Å². The molecule has 0 saturated carbocycles. The van der Waals surface area contributed by atoms with Crippen molar-refractivity contribution >= 4 is 82.5 Å². The Bertz CT molecular complexity index is 2770. The molecule has 0 amide bonds. The predicted octanol–water partition coefficient (Wildman–Crippen LogP) is 12.9. The molecule has 0 aliphatic heterocycles. The average molecular weight is 602 g/mol. The quantitative estimate of drug-likeness (QED) is 0.201. The van der Waals surface area contributed by atoms with Crippen LogP contribution >= 0.6 is 0 Å². The highest BCUT2D eigenvalue weighted by Gasteiger charge is 2.17. The molecule has 0 bridgehead atoms. The lowest BCUT2D eigenvalue weighted by atomic mass is 10.0. The number of hydrogen-bond donors (Lipinski definition) is 0. The highest BCUT2D eigenvalue weighted by molar-refractivity contribution is 6.12. The third-order valence-electron chi connectivity index (χ3n) is 9.39. The fraction of sp³-hybridized carbons (Fsp3) is 0. The van der Waals surface area contributed by atoms with E-state index in [1.165, 1.54) is 27.3 Å². The Kier molecular flexibility index (Phi) is 5.57. The second kappa shape index (κ2) is 10.1. The molecule has 10 aromatic rings. The molecule has 0 aliphatic carbocycles. The van der Waals surface area contributed by atoms with E-state index < -0.39 is 0 Å². The Labute approximate surface area is 270 Å². The van der Waals surface area contributed by atoms with Gasteiger partial charge in [0, 0.05) is 44.7 Å². The van der Waals surface area contributed by atoms with E-state index in [0.29, 0.717) is 0 Å². The first kappa shape index (κ1) is 26.0. The largest absolute Gasteiger partial charge is 0.456 e. The fourth-order valence-electron chi connectivity index (χ4n) is 7.07. The number of anilines is 3. The van der Waals surface area contributed by atoms with E-state index in [9.17, 15) is 0 Å². The lowest BCUT2D eigenvalue weighted by Crippen LogP contribution is -2.09. The Morgan fingerprint density at radius 3 is 1.64 bits per heavy atom. The van der Waals surface area contributed by atoms with E-state index in [1.807, 2.05) is 12.1 Å². The molecule has 3 heteroatoms. The summed E-state index contributed by atoms with van der Waals surface area (Å²) in [5, 5.41) is 9.20. The van der Waals surface area contributed by atoms with E-state index >= 15 is 0 Å². The van der Waals surface area contributed by atoms with Crippen LogP contribution in [0, 0.1) is 0 Å². The van der Waals surface area contributed by atoms with Crippen molar-refractivity contribution in [2.45, 2.75) is 0 Å². The molecule has 0 atom stereocenters. The van der Waals surface area contributed by atoms with Crippen LogP contribution in [0.15, 0.2) is 173 Å². The minimum atomic E-state index is 0.864. The van der Waals surface area contributed by atoms with Crippen molar-refractivity contribution in [3.63, 3.8) is 0 Å². The fourth-order valence-corrected chi connectivity index (χ4v) is 7.07. The van der Waals surface area contributed by atoms with E-state index in [0.717, 1.165) is 66.3 Å². The summed E-state index contributed by atoms with van der Waals surface area (Å²) in [6.45, 7) is 0. The van der Waals surface area contributed by atoms with Gasteiger partial charge >= 0.3 is 0 Å². The number of para-hydroxylation sites is 1. The molecule has 0 saturated heterocycles. The first-order valence-corrected chi connectivity index (χ1v) is 15.9. The molecule has 0 fully saturated rings. The summed E-state index contributed by atoms with van der Waals surface area (Å²) >= 11 is 0. The van der Waals surface area contributed by atoms with E-state index in [-0.39, 0.29) is 0 Å². The molecule has 8 aromatic carbocycles. The Balaban J connectivity index is 1.15. The van der Waals surface area contributed by atoms with E-state index in [1.54, 1.807) is 0 Å². The maximum Gasteiger partial charge on any atom is 0.137 e. The van der Waals surface area contributed by atoms with Gasteiger partial charge in [-0.05, 0) is 99.4 Å². The maximum atomic E-state index is 6.51. The highest BCUT2D eigenvalue weighted by Crippen LogP contribution is 2.41. The summed E-state index contributed by atoms with van der Waals surface area (Å²) in [6, 6.07) is 58.0. The summed E-state index contributed by atoms with van der Waals surface area (Å²) in [6.07, 6.45) is 0. The number of furan rings is 2. The van der Waals surface area contributed by atoms with Crippen LogP contribution in [0.1, 0.15) is 0 Å². The van der Waals surface area contributed by atoms with Gasteiger partial charge in [0.05, 0.1) is 0 Å². The lowest BCUT2D eigenvalue weighted by Gasteiger charge is -2.26. The molecule has 2 heterocycles. The van der Waals surface area contributed by atoms with Gasteiger partial charge in [-0.3, -0.25) is 0 Å². The average Bonchev–Trinajstić information content (AvgIpc) is 3.67. The first-order chi connectivity index (χ1) is 23.2. The van der Waals surface area contributed by atoms with Crippen LogP contribution in [-0.4, -0.2) is 0 Å². The van der Waals surface area contributed by atoms with Gasteiger partial charge < -0.3 is 13.7 Å².